The second kappa shape index (κ2) is 20.9. The number of ether oxygens (including phenoxy) is 1. The smallest absolute Gasteiger partial charge is 0.409 e. The van der Waals surface area contributed by atoms with Crippen LogP contribution in [0.2, 0.25) is 0 Å². The highest BCUT2D eigenvalue weighted by molar-refractivity contribution is 6.02. The number of piperazine rings is 1. The van der Waals surface area contributed by atoms with Crippen LogP contribution >= 0.6 is 0 Å². The summed E-state index contributed by atoms with van der Waals surface area (Å²) in [7, 11) is 0. The van der Waals surface area contributed by atoms with Gasteiger partial charge >= 0.3 is 6.09 Å². The zero-order chi connectivity index (χ0) is 50.0. The number of carbonyl (C=O) groups is 3. The van der Waals surface area contributed by atoms with Gasteiger partial charge in [-0.05, 0) is 109 Å². The highest BCUT2D eigenvalue weighted by Crippen LogP contribution is 2.48. The lowest BCUT2D eigenvalue weighted by Crippen LogP contribution is -2.53. The van der Waals surface area contributed by atoms with Crippen LogP contribution in [0.5, 0.6) is 0 Å². The van der Waals surface area contributed by atoms with E-state index in [9.17, 15) is 14.4 Å². The zero-order valence-electron chi connectivity index (χ0n) is 40.6. The van der Waals surface area contributed by atoms with Gasteiger partial charge in [0, 0.05) is 82.3 Å². The maximum atomic E-state index is 15.3. The van der Waals surface area contributed by atoms with E-state index in [1.54, 1.807) is 9.80 Å². The minimum absolute atomic E-state index is 0.0624. The molecule has 4 aromatic heterocycles. The van der Waals surface area contributed by atoms with E-state index < -0.39 is 23.6 Å². The summed E-state index contributed by atoms with van der Waals surface area (Å²) >= 11 is 0. The van der Waals surface area contributed by atoms with Crippen molar-refractivity contribution in [2.75, 3.05) is 81.5 Å². The number of carbonyl (C=O) groups excluding carboxylic acids is 3. The Hall–Kier alpha value is -6.81. The molecule has 5 aromatic rings. The van der Waals surface area contributed by atoms with Crippen LogP contribution in [-0.2, 0) is 19.9 Å². The summed E-state index contributed by atoms with van der Waals surface area (Å²) in [5, 5.41) is 15.2. The van der Waals surface area contributed by atoms with Crippen molar-refractivity contribution in [3.05, 3.63) is 66.6 Å². The van der Waals surface area contributed by atoms with Crippen molar-refractivity contribution in [2.45, 2.75) is 102 Å². The van der Waals surface area contributed by atoms with Crippen molar-refractivity contribution in [2.24, 2.45) is 5.73 Å². The van der Waals surface area contributed by atoms with Gasteiger partial charge in [-0.25, -0.2) is 38.2 Å². The fraction of sp³-hybridized carbons (Fsp3) is 0.531. The van der Waals surface area contributed by atoms with Gasteiger partial charge in [-0.3, -0.25) is 24.7 Å². The van der Waals surface area contributed by atoms with Crippen molar-refractivity contribution in [1.82, 2.24) is 54.9 Å². The highest BCUT2D eigenvalue weighted by atomic mass is 19.1. The SMILES string of the molecule is C=CN.CC(C)(C)n1nc(-c2noc(C3CC3)c2-c2ncc(C3CCN(C(=O)OCCN4CCC(N5CCN(c6c(F)cc(NC7CCC(=O)NC7=O)cc6F)CC5)CC4)CC3)cn2)c2c(N)ncnc21. The predicted octanol–water partition coefficient (Wildman–Crippen LogP) is 5.34. The number of likely N-dealkylation sites (tertiary alicyclic amines) is 2. The Kier molecular flexibility index (Phi) is 14.5. The number of halogens is 2. The molecule has 6 N–H and O–H groups in total. The molecule has 4 saturated heterocycles. The third kappa shape index (κ3) is 10.8. The summed E-state index contributed by atoms with van der Waals surface area (Å²) in [6.07, 6.45) is 12.0. The van der Waals surface area contributed by atoms with Gasteiger partial charge in [-0.1, -0.05) is 11.7 Å². The number of nitrogens with one attached hydrogen (secondary N) is 2. The first-order chi connectivity index (χ1) is 34.2. The van der Waals surface area contributed by atoms with Gasteiger partial charge in [0.2, 0.25) is 11.8 Å². The molecule has 10 rings (SSSR count). The van der Waals surface area contributed by atoms with E-state index >= 15 is 8.78 Å². The lowest BCUT2D eigenvalue weighted by Gasteiger charge is -2.43. The Balaban J connectivity index is 0.00000203. The minimum Gasteiger partial charge on any atom is -0.448 e. The summed E-state index contributed by atoms with van der Waals surface area (Å²) in [5.74, 6) is -0.258. The van der Waals surface area contributed by atoms with E-state index in [1.807, 2.05) is 37.8 Å². The van der Waals surface area contributed by atoms with Crippen LogP contribution in [0.4, 0.5) is 30.8 Å². The third-order valence-corrected chi connectivity index (χ3v) is 14.1. The summed E-state index contributed by atoms with van der Waals surface area (Å²) in [6, 6.07) is 2.06. The molecule has 5 fully saturated rings. The number of amides is 3. The second-order valence-electron chi connectivity index (χ2n) is 19.9. The Morgan fingerprint density at radius 1 is 0.915 bits per heavy atom. The van der Waals surface area contributed by atoms with Crippen molar-refractivity contribution in [3.63, 3.8) is 0 Å². The van der Waals surface area contributed by atoms with E-state index in [1.165, 1.54) is 24.7 Å². The number of anilines is 3. The Morgan fingerprint density at radius 3 is 2.23 bits per heavy atom. The van der Waals surface area contributed by atoms with Gasteiger partial charge in [-0.2, -0.15) is 5.10 Å². The van der Waals surface area contributed by atoms with Gasteiger partial charge in [-0.15, -0.1) is 0 Å². The number of fused-ring (bicyclic) bond motifs is 1. The normalized spacial score (nSPS) is 19.9. The van der Waals surface area contributed by atoms with Crippen LogP contribution in [0.15, 0.2) is 48.2 Å². The quantitative estimate of drug-likeness (QED) is 0.122. The monoisotopic (exact) mass is 980 g/mol. The number of hydrogen-bond acceptors (Lipinski definition) is 17. The van der Waals surface area contributed by atoms with E-state index in [4.69, 9.17) is 30.1 Å². The molecule has 5 aliphatic rings. The molecular weight excluding hydrogens is 917 g/mol. The largest absolute Gasteiger partial charge is 0.448 e. The standard InChI is InChI=1S/C47H58F2N14O5.C2H5N/c1-47(2,3)63-44-37(42(50)53-26-54-44)38(57-63)39-36(41(68-58-39)28-4-5-28)43-51-24-29(25-52-43)27-8-14-62(15-9-27)46(66)67-21-20-59-12-10-31(11-13-59)60-16-18-61(19-17-60)40-32(48)22-30(23-33(40)49)55-34-6-7-35(64)56-45(34)65;1-2-3/h22-28,31,34,55H,4-21H2,1-3H3,(H2,50,53,54)(H,56,64,65);2H,1,3H2. The molecule has 1 aromatic carbocycles. The van der Waals surface area contributed by atoms with Crippen LogP contribution in [0.1, 0.15) is 95.3 Å². The first-order valence-corrected chi connectivity index (χ1v) is 24.6. The molecular formula is C49H63F2N15O5. The molecule has 20 nitrogen and oxygen atoms in total. The minimum atomic E-state index is -0.729. The molecule has 1 atom stereocenters. The summed E-state index contributed by atoms with van der Waals surface area (Å²) in [5.41, 5.74) is 14.1. The molecule has 0 radical (unpaired) electrons. The molecule has 1 saturated carbocycles. The lowest BCUT2D eigenvalue weighted by molar-refractivity contribution is -0.133. The number of imide groups is 1. The fourth-order valence-corrected chi connectivity index (χ4v) is 10.1. The predicted molar refractivity (Wildman–Crippen MR) is 262 cm³/mol. The third-order valence-electron chi connectivity index (χ3n) is 14.1. The average Bonchev–Trinajstić information content (AvgIpc) is 3.97. The van der Waals surface area contributed by atoms with Gasteiger partial charge < -0.3 is 35.8 Å². The molecule has 378 valence electrons. The van der Waals surface area contributed by atoms with E-state index in [2.05, 4.69) is 47.9 Å². The second-order valence-corrected chi connectivity index (χ2v) is 19.9. The number of benzene rings is 1. The lowest BCUT2D eigenvalue weighted by atomic mass is 9.91. The van der Waals surface area contributed by atoms with E-state index in [-0.39, 0.29) is 53.6 Å². The van der Waals surface area contributed by atoms with Crippen molar-refractivity contribution in [3.8, 4) is 22.8 Å². The summed E-state index contributed by atoms with van der Waals surface area (Å²) < 4.78 is 44.1. The van der Waals surface area contributed by atoms with Crippen LogP contribution < -0.4 is 27.0 Å². The Morgan fingerprint density at radius 2 is 1.59 bits per heavy atom. The van der Waals surface area contributed by atoms with Gasteiger partial charge in [0.05, 0.1) is 16.5 Å². The molecule has 4 aliphatic heterocycles. The Bertz CT molecular complexity index is 2710. The fourth-order valence-electron chi connectivity index (χ4n) is 10.1. The first kappa shape index (κ1) is 49.2. The van der Waals surface area contributed by atoms with Gasteiger partial charge in [0.1, 0.15) is 41.9 Å². The first-order valence-electron chi connectivity index (χ1n) is 24.6. The van der Waals surface area contributed by atoms with Gasteiger partial charge in [0.15, 0.2) is 28.9 Å². The Labute approximate surface area is 410 Å². The summed E-state index contributed by atoms with van der Waals surface area (Å²) in [6.45, 7) is 15.5. The number of aromatic nitrogens is 7. The van der Waals surface area contributed by atoms with Crippen molar-refractivity contribution >= 4 is 46.1 Å². The molecule has 22 heteroatoms. The number of hydrogen-bond donors (Lipinski definition) is 4. The number of piperidine rings is 3. The topological polar surface area (TPSA) is 245 Å². The average molecular weight is 980 g/mol. The highest BCUT2D eigenvalue weighted by Gasteiger charge is 2.37. The van der Waals surface area contributed by atoms with Crippen molar-refractivity contribution < 1.29 is 32.4 Å². The molecule has 1 unspecified atom stereocenters. The molecule has 3 amide bonds. The maximum Gasteiger partial charge on any atom is 0.409 e. The van der Waals surface area contributed by atoms with Crippen molar-refractivity contribution in [1.29, 1.82) is 0 Å². The molecule has 71 heavy (non-hydrogen) atoms. The van der Waals surface area contributed by atoms with Gasteiger partial charge in [0.25, 0.3) is 0 Å². The summed E-state index contributed by atoms with van der Waals surface area (Å²) in [4.78, 5) is 63.5. The molecule has 0 spiro atoms. The molecule has 1 aliphatic carbocycles. The maximum absolute atomic E-state index is 15.3. The van der Waals surface area contributed by atoms with E-state index in [0.29, 0.717) is 98.1 Å². The molecule has 8 heterocycles. The zero-order valence-corrected chi connectivity index (χ0v) is 40.6. The van der Waals surface area contributed by atoms with Crippen LogP contribution in [0, 0.1) is 11.6 Å². The van der Waals surface area contributed by atoms with Crippen LogP contribution in [0.25, 0.3) is 33.8 Å². The number of nitrogens with zero attached hydrogens (tertiary/aromatic N) is 11. The van der Waals surface area contributed by atoms with Crippen LogP contribution in [0.3, 0.4) is 0 Å². The number of nitrogens with two attached hydrogens (primary N) is 2. The number of nitrogen functional groups attached to an aromatic ring is 1. The van der Waals surface area contributed by atoms with Crippen LogP contribution in [-0.4, -0.2) is 145 Å². The van der Waals surface area contributed by atoms with E-state index in [0.717, 1.165) is 62.9 Å². The molecule has 0 bridgehead atoms. The number of rotatable bonds is 11.